The second-order valence-corrected chi connectivity index (χ2v) is 12.2. The SMILES string of the molecule is C=CCN1C[C@@H](C)N(C(c2cccc(O)c2)c2cccc(C(=O)N(Cc3ccc(C(=O)O)cc3)C3CCNCC3)c2)C[C@H]1C. The number of carbonyl (C=O) groups is 2. The molecule has 3 atom stereocenters. The highest BCUT2D eigenvalue weighted by molar-refractivity contribution is 5.94. The minimum atomic E-state index is -0.966. The zero-order chi connectivity index (χ0) is 31.2. The Morgan fingerprint density at radius 3 is 2.30 bits per heavy atom. The zero-order valence-electron chi connectivity index (χ0n) is 25.7. The molecule has 0 aromatic heterocycles. The molecule has 2 aliphatic rings. The van der Waals surface area contributed by atoms with Crippen molar-refractivity contribution in [2.45, 2.75) is 57.4 Å². The molecule has 44 heavy (non-hydrogen) atoms. The summed E-state index contributed by atoms with van der Waals surface area (Å²) in [7, 11) is 0. The number of phenols is 1. The fraction of sp³-hybridized carbons (Fsp3) is 0.389. The summed E-state index contributed by atoms with van der Waals surface area (Å²) in [4.78, 5) is 32.6. The fourth-order valence-corrected chi connectivity index (χ4v) is 6.72. The van der Waals surface area contributed by atoms with Crippen molar-refractivity contribution >= 4 is 11.9 Å². The van der Waals surface area contributed by atoms with E-state index in [4.69, 9.17) is 0 Å². The molecule has 8 heteroatoms. The monoisotopic (exact) mass is 596 g/mol. The Labute approximate surface area is 260 Å². The molecule has 232 valence electrons. The number of phenolic OH excluding ortho intramolecular Hbond substituents is 1. The molecule has 1 unspecified atom stereocenters. The van der Waals surface area contributed by atoms with Gasteiger partial charge in [-0.25, -0.2) is 4.79 Å². The Hall–Kier alpha value is -3.98. The van der Waals surface area contributed by atoms with Crippen molar-refractivity contribution in [1.29, 1.82) is 0 Å². The van der Waals surface area contributed by atoms with Gasteiger partial charge in [-0.05, 0) is 92.9 Å². The molecule has 0 radical (unpaired) electrons. The van der Waals surface area contributed by atoms with Crippen LogP contribution >= 0.6 is 0 Å². The van der Waals surface area contributed by atoms with Crippen LogP contribution in [0.5, 0.6) is 5.75 Å². The molecular formula is C36H44N4O4. The molecule has 2 heterocycles. The topological polar surface area (TPSA) is 96.4 Å². The highest BCUT2D eigenvalue weighted by Crippen LogP contribution is 2.35. The van der Waals surface area contributed by atoms with Crippen LogP contribution in [0.1, 0.15) is 70.1 Å². The quantitative estimate of drug-likeness (QED) is 0.279. The van der Waals surface area contributed by atoms with E-state index in [0.29, 0.717) is 18.2 Å². The Balaban J connectivity index is 1.49. The molecule has 3 aromatic rings. The van der Waals surface area contributed by atoms with Gasteiger partial charge in [0.1, 0.15) is 5.75 Å². The number of carboxylic acid groups (broad SMARTS) is 1. The van der Waals surface area contributed by atoms with Gasteiger partial charge in [0, 0.05) is 49.9 Å². The average Bonchev–Trinajstić information content (AvgIpc) is 3.03. The van der Waals surface area contributed by atoms with Gasteiger partial charge in [0.15, 0.2) is 0 Å². The predicted molar refractivity (Wildman–Crippen MR) is 173 cm³/mol. The first-order valence-corrected chi connectivity index (χ1v) is 15.6. The van der Waals surface area contributed by atoms with Gasteiger partial charge in [0.25, 0.3) is 5.91 Å². The molecule has 3 N–H and O–H groups in total. The van der Waals surface area contributed by atoms with E-state index < -0.39 is 5.97 Å². The molecule has 5 rings (SSSR count). The van der Waals surface area contributed by atoms with E-state index in [0.717, 1.165) is 62.3 Å². The Morgan fingerprint density at radius 1 is 0.955 bits per heavy atom. The highest BCUT2D eigenvalue weighted by atomic mass is 16.4. The molecule has 1 amide bonds. The molecule has 0 bridgehead atoms. The number of hydrogen-bond donors (Lipinski definition) is 3. The lowest BCUT2D eigenvalue weighted by molar-refractivity contribution is 0.0306. The molecular weight excluding hydrogens is 552 g/mol. The largest absolute Gasteiger partial charge is 0.508 e. The van der Waals surface area contributed by atoms with E-state index >= 15 is 0 Å². The van der Waals surface area contributed by atoms with Crippen LogP contribution in [0.3, 0.4) is 0 Å². The van der Waals surface area contributed by atoms with Crippen molar-refractivity contribution in [3.05, 3.63) is 113 Å². The van der Waals surface area contributed by atoms with Gasteiger partial charge >= 0.3 is 5.97 Å². The van der Waals surface area contributed by atoms with Crippen LogP contribution in [0, 0.1) is 0 Å². The molecule has 2 fully saturated rings. The number of aromatic carboxylic acids is 1. The number of amides is 1. The van der Waals surface area contributed by atoms with Crippen molar-refractivity contribution in [1.82, 2.24) is 20.0 Å². The van der Waals surface area contributed by atoms with Gasteiger partial charge in [-0.15, -0.1) is 6.58 Å². The summed E-state index contributed by atoms with van der Waals surface area (Å²) >= 11 is 0. The maximum Gasteiger partial charge on any atom is 0.335 e. The number of rotatable bonds is 10. The number of benzene rings is 3. The third-order valence-electron chi connectivity index (χ3n) is 9.06. The number of hydrogen-bond acceptors (Lipinski definition) is 6. The van der Waals surface area contributed by atoms with Crippen molar-refractivity contribution in [3.8, 4) is 5.75 Å². The number of carboxylic acids is 1. The molecule has 8 nitrogen and oxygen atoms in total. The van der Waals surface area contributed by atoms with Crippen LogP contribution in [-0.4, -0.2) is 87.6 Å². The summed E-state index contributed by atoms with van der Waals surface area (Å²) < 4.78 is 0. The Morgan fingerprint density at radius 2 is 1.64 bits per heavy atom. The Bertz CT molecular complexity index is 1450. The summed E-state index contributed by atoms with van der Waals surface area (Å²) in [5, 5.41) is 23.2. The summed E-state index contributed by atoms with van der Waals surface area (Å²) in [6, 6.07) is 22.7. The number of nitrogens with zero attached hydrogens (tertiary/aromatic N) is 3. The van der Waals surface area contributed by atoms with Crippen LogP contribution in [-0.2, 0) is 6.54 Å². The van der Waals surface area contributed by atoms with Gasteiger partial charge in [-0.2, -0.15) is 0 Å². The van der Waals surface area contributed by atoms with E-state index in [2.05, 4.69) is 47.7 Å². The normalized spacial score (nSPS) is 20.6. The van der Waals surface area contributed by atoms with Crippen LogP contribution in [0.2, 0.25) is 0 Å². The number of nitrogens with one attached hydrogen (secondary N) is 1. The maximum atomic E-state index is 14.3. The molecule has 2 saturated heterocycles. The van der Waals surface area contributed by atoms with E-state index in [1.165, 1.54) is 0 Å². The lowest BCUT2D eigenvalue weighted by Gasteiger charge is -2.47. The van der Waals surface area contributed by atoms with Crippen LogP contribution in [0.25, 0.3) is 0 Å². The third-order valence-corrected chi connectivity index (χ3v) is 9.06. The Kier molecular flexibility index (Phi) is 10.1. The summed E-state index contributed by atoms with van der Waals surface area (Å²) in [6.45, 7) is 13.1. The second-order valence-electron chi connectivity index (χ2n) is 12.2. The van der Waals surface area contributed by atoms with Gasteiger partial charge in [0.05, 0.1) is 11.6 Å². The maximum absolute atomic E-state index is 14.3. The summed E-state index contributed by atoms with van der Waals surface area (Å²) in [5.74, 6) is -0.781. The van der Waals surface area contributed by atoms with E-state index in [1.807, 2.05) is 41.3 Å². The zero-order valence-corrected chi connectivity index (χ0v) is 25.7. The van der Waals surface area contributed by atoms with Crippen LogP contribution < -0.4 is 5.32 Å². The lowest BCUT2D eigenvalue weighted by Crippen LogP contribution is -2.57. The standard InChI is InChI=1S/C36H44N4O4/c1-4-19-38-22-26(3)39(23-25(38)2)34(30-8-6-10-33(41)21-30)29-7-5-9-31(20-29)35(42)40(32-15-17-37-18-16-32)24-27-11-13-28(14-12-27)36(43)44/h4-14,20-21,25-26,32,34,37,41H,1,15-19,22-24H2,2-3H3,(H,43,44)/t25-,26-,34?/m1/s1. The first-order chi connectivity index (χ1) is 21.2. The summed E-state index contributed by atoms with van der Waals surface area (Å²) in [6.07, 6.45) is 3.67. The lowest BCUT2D eigenvalue weighted by atomic mass is 9.92. The molecule has 0 aliphatic carbocycles. The molecule has 3 aromatic carbocycles. The predicted octanol–water partition coefficient (Wildman–Crippen LogP) is 5.15. The van der Waals surface area contributed by atoms with Crippen molar-refractivity contribution in [2.24, 2.45) is 0 Å². The first kappa shape index (κ1) is 31.4. The number of aromatic hydroxyl groups is 1. The minimum absolute atomic E-state index is 0.0343. The summed E-state index contributed by atoms with van der Waals surface area (Å²) in [5.41, 5.74) is 3.75. The smallest absolute Gasteiger partial charge is 0.335 e. The van der Waals surface area contributed by atoms with E-state index in [9.17, 15) is 19.8 Å². The van der Waals surface area contributed by atoms with Gasteiger partial charge in [-0.3, -0.25) is 14.6 Å². The van der Waals surface area contributed by atoms with Gasteiger partial charge in [-0.1, -0.05) is 42.5 Å². The van der Waals surface area contributed by atoms with E-state index in [1.54, 1.807) is 30.3 Å². The van der Waals surface area contributed by atoms with Crippen LogP contribution in [0.4, 0.5) is 0 Å². The third kappa shape index (κ3) is 7.21. The second kappa shape index (κ2) is 14.2. The van der Waals surface area contributed by atoms with E-state index in [-0.39, 0.29) is 35.3 Å². The van der Waals surface area contributed by atoms with Crippen molar-refractivity contribution in [2.75, 3.05) is 32.7 Å². The fourth-order valence-electron chi connectivity index (χ4n) is 6.72. The number of piperazine rings is 1. The number of piperidine rings is 1. The van der Waals surface area contributed by atoms with Gasteiger partial charge in [0.2, 0.25) is 0 Å². The molecule has 0 saturated carbocycles. The molecule has 2 aliphatic heterocycles. The van der Waals surface area contributed by atoms with Crippen molar-refractivity contribution in [3.63, 3.8) is 0 Å². The van der Waals surface area contributed by atoms with Gasteiger partial charge < -0.3 is 20.4 Å². The minimum Gasteiger partial charge on any atom is -0.508 e. The number of carbonyl (C=O) groups excluding carboxylic acids is 1. The van der Waals surface area contributed by atoms with Crippen molar-refractivity contribution < 1.29 is 19.8 Å². The highest BCUT2D eigenvalue weighted by Gasteiger charge is 2.35. The average molecular weight is 597 g/mol. The van der Waals surface area contributed by atoms with Crippen LogP contribution in [0.15, 0.2) is 85.5 Å². The molecule has 0 spiro atoms. The first-order valence-electron chi connectivity index (χ1n) is 15.6.